The van der Waals surface area contributed by atoms with Gasteiger partial charge in [0, 0.05) is 24.2 Å². The van der Waals surface area contributed by atoms with Gasteiger partial charge in [-0.05, 0) is 29.8 Å². The maximum absolute atomic E-state index is 12.3. The zero-order valence-corrected chi connectivity index (χ0v) is 15.1. The number of amides is 1. The van der Waals surface area contributed by atoms with Crippen molar-refractivity contribution in [3.05, 3.63) is 54.2 Å². The highest BCUT2D eigenvalue weighted by molar-refractivity contribution is 7.98. The molecule has 1 aromatic heterocycles. The first kappa shape index (κ1) is 18.4. The lowest BCUT2D eigenvalue weighted by molar-refractivity contribution is -0.119. The minimum absolute atomic E-state index is 0.123. The molecule has 0 aliphatic carbocycles. The fourth-order valence-electron chi connectivity index (χ4n) is 2.66. The van der Waals surface area contributed by atoms with Crippen LogP contribution in [0, 0.1) is 11.3 Å². The highest BCUT2D eigenvalue weighted by Crippen LogP contribution is 2.22. The largest absolute Gasteiger partial charge is 0.377 e. The number of hydrogen-bond acceptors (Lipinski definition) is 6. The maximum atomic E-state index is 12.3. The van der Waals surface area contributed by atoms with Gasteiger partial charge in [-0.25, -0.2) is 4.98 Å². The second-order valence-corrected chi connectivity index (χ2v) is 6.89. The van der Waals surface area contributed by atoms with Crippen molar-refractivity contribution in [3.63, 3.8) is 0 Å². The first-order valence-electron chi connectivity index (χ1n) is 8.38. The van der Waals surface area contributed by atoms with Crippen molar-refractivity contribution in [1.29, 1.82) is 5.26 Å². The lowest BCUT2D eigenvalue weighted by Crippen LogP contribution is -2.47. The van der Waals surface area contributed by atoms with Crippen LogP contribution in [0.2, 0.25) is 0 Å². The number of thioether (sulfide) groups is 1. The van der Waals surface area contributed by atoms with E-state index in [2.05, 4.69) is 16.4 Å². The quantitative estimate of drug-likeness (QED) is 0.790. The van der Waals surface area contributed by atoms with Crippen LogP contribution in [0.4, 0.5) is 5.69 Å². The number of anilines is 1. The van der Waals surface area contributed by atoms with Gasteiger partial charge in [-0.15, -0.1) is 11.8 Å². The number of ether oxygens (including phenoxy) is 1. The third-order valence-corrected chi connectivity index (χ3v) is 4.99. The highest BCUT2D eigenvalue weighted by Gasteiger charge is 2.24. The van der Waals surface area contributed by atoms with Gasteiger partial charge in [0.1, 0.15) is 6.04 Å². The smallest absolute Gasteiger partial charge is 0.238 e. The van der Waals surface area contributed by atoms with Crippen LogP contribution in [0.25, 0.3) is 0 Å². The lowest BCUT2D eigenvalue weighted by atomic mass is 10.2. The van der Waals surface area contributed by atoms with Gasteiger partial charge in [0.25, 0.3) is 0 Å². The van der Waals surface area contributed by atoms with Gasteiger partial charge in [-0.1, -0.05) is 18.2 Å². The average Bonchev–Trinajstić information content (AvgIpc) is 2.68. The van der Waals surface area contributed by atoms with E-state index in [0.29, 0.717) is 19.8 Å². The molecule has 134 valence electrons. The van der Waals surface area contributed by atoms with E-state index in [4.69, 9.17) is 10.00 Å². The zero-order valence-electron chi connectivity index (χ0n) is 14.3. The summed E-state index contributed by atoms with van der Waals surface area (Å²) in [4.78, 5) is 18.5. The number of benzene rings is 1. The first-order chi connectivity index (χ1) is 12.7. The predicted octanol–water partition coefficient (Wildman–Crippen LogP) is 2.54. The van der Waals surface area contributed by atoms with Crippen molar-refractivity contribution >= 4 is 23.4 Å². The first-order valence-corrected chi connectivity index (χ1v) is 9.37. The molecule has 0 spiro atoms. The molecular weight excluding hydrogens is 348 g/mol. The second-order valence-electron chi connectivity index (χ2n) is 5.90. The van der Waals surface area contributed by atoms with Crippen molar-refractivity contribution in [2.45, 2.75) is 16.8 Å². The topological polar surface area (TPSA) is 78.2 Å². The molecular formula is C19H20N4O2S. The molecule has 1 aliphatic heterocycles. The molecule has 1 amide bonds. The van der Waals surface area contributed by atoms with E-state index in [1.807, 2.05) is 47.4 Å². The minimum Gasteiger partial charge on any atom is -0.377 e. The van der Waals surface area contributed by atoms with Gasteiger partial charge < -0.3 is 10.1 Å². The van der Waals surface area contributed by atoms with E-state index in [-0.39, 0.29) is 18.5 Å². The SMILES string of the molecule is N#C[C@H]1COCCN1CC(=O)Nc1cccc(CSc2ccccn2)c1. The van der Waals surface area contributed by atoms with Crippen molar-refractivity contribution in [2.75, 3.05) is 31.6 Å². The predicted molar refractivity (Wildman–Crippen MR) is 101 cm³/mol. The summed E-state index contributed by atoms with van der Waals surface area (Å²) in [6.07, 6.45) is 1.78. The summed E-state index contributed by atoms with van der Waals surface area (Å²) in [5.74, 6) is 0.655. The van der Waals surface area contributed by atoms with Gasteiger partial charge in [0.2, 0.25) is 5.91 Å². The summed E-state index contributed by atoms with van der Waals surface area (Å²) in [5.41, 5.74) is 1.87. The third-order valence-electron chi connectivity index (χ3n) is 3.97. The number of aromatic nitrogens is 1. The molecule has 2 heterocycles. The Kier molecular flexibility index (Phi) is 6.61. The Morgan fingerprint density at radius 3 is 3.12 bits per heavy atom. The normalized spacial score (nSPS) is 17.4. The van der Waals surface area contributed by atoms with Crippen LogP contribution in [0.5, 0.6) is 0 Å². The molecule has 6 nitrogen and oxygen atoms in total. The van der Waals surface area contributed by atoms with Crippen LogP contribution in [0.15, 0.2) is 53.7 Å². The van der Waals surface area contributed by atoms with Crippen LogP contribution in [-0.4, -0.2) is 48.1 Å². The summed E-state index contributed by atoms with van der Waals surface area (Å²) in [6.45, 7) is 1.68. The van der Waals surface area contributed by atoms with Crippen LogP contribution < -0.4 is 5.32 Å². The molecule has 0 bridgehead atoms. The monoisotopic (exact) mass is 368 g/mol. The third kappa shape index (κ3) is 5.30. The van der Waals surface area contributed by atoms with Crippen molar-refractivity contribution in [2.24, 2.45) is 0 Å². The van der Waals surface area contributed by atoms with Crippen LogP contribution in [0.3, 0.4) is 0 Å². The molecule has 0 unspecified atom stereocenters. The summed E-state index contributed by atoms with van der Waals surface area (Å²) in [5, 5.41) is 13.0. The molecule has 1 aromatic carbocycles. The van der Waals surface area contributed by atoms with Crippen molar-refractivity contribution < 1.29 is 9.53 Å². The fraction of sp³-hybridized carbons (Fsp3) is 0.316. The molecule has 26 heavy (non-hydrogen) atoms. The molecule has 1 N–H and O–H groups in total. The number of pyridine rings is 1. The number of carbonyl (C=O) groups excluding carboxylic acids is 1. The lowest BCUT2D eigenvalue weighted by Gasteiger charge is -2.30. The van der Waals surface area contributed by atoms with Gasteiger partial charge in [0.15, 0.2) is 0 Å². The summed E-state index contributed by atoms with van der Waals surface area (Å²) < 4.78 is 5.28. The number of morpholine rings is 1. The Hall–Kier alpha value is -2.40. The fourth-order valence-corrected chi connectivity index (χ4v) is 3.46. The van der Waals surface area contributed by atoms with E-state index >= 15 is 0 Å². The van der Waals surface area contributed by atoms with Gasteiger partial charge >= 0.3 is 0 Å². The molecule has 1 saturated heterocycles. The number of carbonyl (C=O) groups is 1. The summed E-state index contributed by atoms with van der Waals surface area (Å²) in [7, 11) is 0. The van der Waals surface area contributed by atoms with Gasteiger partial charge in [0.05, 0.1) is 30.9 Å². The van der Waals surface area contributed by atoms with E-state index in [9.17, 15) is 4.79 Å². The van der Waals surface area contributed by atoms with Gasteiger partial charge in [-0.3, -0.25) is 9.69 Å². The van der Waals surface area contributed by atoms with E-state index in [1.54, 1.807) is 18.0 Å². The van der Waals surface area contributed by atoms with Crippen LogP contribution in [-0.2, 0) is 15.3 Å². The Morgan fingerprint density at radius 1 is 1.38 bits per heavy atom. The number of rotatable bonds is 6. The standard InChI is InChI=1S/C19H20N4O2S/c20-11-17-13-25-9-8-23(17)12-18(24)22-16-5-3-4-15(10-16)14-26-19-6-1-2-7-21-19/h1-7,10,17H,8-9,12-14H2,(H,22,24)/t17-/m0/s1. The van der Waals surface area contributed by atoms with E-state index in [0.717, 1.165) is 22.0 Å². The number of nitrogens with one attached hydrogen (secondary N) is 1. The molecule has 1 fully saturated rings. The zero-order chi connectivity index (χ0) is 18.2. The molecule has 1 atom stereocenters. The maximum Gasteiger partial charge on any atom is 0.238 e. The van der Waals surface area contributed by atoms with Crippen LogP contribution >= 0.6 is 11.8 Å². The Bertz CT molecular complexity index is 779. The Balaban J connectivity index is 1.54. The second kappa shape index (κ2) is 9.34. The Labute approximate surface area is 157 Å². The van der Waals surface area contributed by atoms with Crippen LogP contribution in [0.1, 0.15) is 5.56 Å². The minimum atomic E-state index is -0.365. The Morgan fingerprint density at radius 2 is 2.31 bits per heavy atom. The number of hydrogen-bond donors (Lipinski definition) is 1. The summed E-state index contributed by atoms with van der Waals surface area (Å²) >= 11 is 1.65. The summed E-state index contributed by atoms with van der Waals surface area (Å²) in [6, 6.07) is 15.4. The molecule has 0 radical (unpaired) electrons. The van der Waals surface area contributed by atoms with E-state index < -0.39 is 0 Å². The van der Waals surface area contributed by atoms with E-state index in [1.165, 1.54) is 0 Å². The molecule has 2 aromatic rings. The van der Waals surface area contributed by atoms with Crippen molar-refractivity contribution in [3.8, 4) is 6.07 Å². The number of nitriles is 1. The number of nitrogens with zero attached hydrogens (tertiary/aromatic N) is 3. The average molecular weight is 368 g/mol. The molecule has 3 rings (SSSR count). The molecule has 0 saturated carbocycles. The molecule has 1 aliphatic rings. The highest BCUT2D eigenvalue weighted by atomic mass is 32.2. The van der Waals surface area contributed by atoms with Gasteiger partial charge in [-0.2, -0.15) is 5.26 Å². The molecule has 7 heteroatoms. The van der Waals surface area contributed by atoms with Crippen molar-refractivity contribution in [1.82, 2.24) is 9.88 Å².